The van der Waals surface area contributed by atoms with E-state index in [0.717, 1.165) is 63.3 Å². The molecule has 160 valence electrons. The number of non-ortho nitro benzene ring substituents is 1. The number of carbonyl (C=O) groups is 1. The van der Waals surface area contributed by atoms with Crippen LogP contribution in [0.25, 0.3) is 0 Å². The molecule has 2 N–H and O–H groups in total. The molecule has 0 saturated carbocycles. The summed E-state index contributed by atoms with van der Waals surface area (Å²) in [6.45, 7) is 7.01. The first-order valence-corrected chi connectivity index (χ1v) is 10.6. The van der Waals surface area contributed by atoms with Gasteiger partial charge in [0.2, 0.25) is 5.91 Å². The first kappa shape index (κ1) is 22.6. The van der Waals surface area contributed by atoms with Crippen LogP contribution < -0.4 is 10.6 Å². The first-order valence-electron chi connectivity index (χ1n) is 10.6. The van der Waals surface area contributed by atoms with E-state index in [0.29, 0.717) is 13.0 Å². The zero-order valence-corrected chi connectivity index (χ0v) is 17.5. The van der Waals surface area contributed by atoms with Crippen molar-refractivity contribution in [2.75, 3.05) is 19.6 Å². The van der Waals surface area contributed by atoms with E-state index >= 15 is 0 Å². The minimum atomic E-state index is -0.403. The molecule has 1 aromatic carbocycles. The van der Waals surface area contributed by atoms with Gasteiger partial charge in [-0.15, -0.1) is 0 Å². The van der Waals surface area contributed by atoms with Gasteiger partial charge in [0.1, 0.15) is 0 Å². The number of guanidine groups is 1. The van der Waals surface area contributed by atoms with Gasteiger partial charge in [0.15, 0.2) is 5.96 Å². The highest BCUT2D eigenvalue weighted by Gasteiger charge is 2.15. The van der Waals surface area contributed by atoms with Crippen molar-refractivity contribution in [3.63, 3.8) is 0 Å². The lowest BCUT2D eigenvalue weighted by molar-refractivity contribution is -0.384. The molecule has 1 amide bonds. The smallest absolute Gasteiger partial charge is 0.269 e. The molecule has 0 aromatic heterocycles. The van der Waals surface area contributed by atoms with Gasteiger partial charge < -0.3 is 15.5 Å². The van der Waals surface area contributed by atoms with Crippen LogP contribution in [0.2, 0.25) is 0 Å². The molecule has 2 rings (SSSR count). The predicted molar refractivity (Wildman–Crippen MR) is 115 cm³/mol. The fourth-order valence-electron chi connectivity index (χ4n) is 3.13. The molecule has 0 aliphatic carbocycles. The van der Waals surface area contributed by atoms with Crippen LogP contribution in [0.5, 0.6) is 0 Å². The van der Waals surface area contributed by atoms with Crippen molar-refractivity contribution in [2.45, 2.75) is 65.0 Å². The van der Waals surface area contributed by atoms with Crippen LogP contribution in [0.3, 0.4) is 0 Å². The van der Waals surface area contributed by atoms with Crippen molar-refractivity contribution in [2.24, 2.45) is 4.99 Å². The van der Waals surface area contributed by atoms with Crippen LogP contribution in [0.1, 0.15) is 57.9 Å². The molecule has 1 aliphatic heterocycles. The Kier molecular flexibility index (Phi) is 9.40. The molecule has 8 heteroatoms. The molecular weight excluding hydrogens is 370 g/mol. The zero-order valence-electron chi connectivity index (χ0n) is 17.5. The number of aliphatic imine (C=N–C) groups is 1. The number of hydrogen-bond donors (Lipinski definition) is 2. The number of nitro benzene ring substituents is 1. The summed E-state index contributed by atoms with van der Waals surface area (Å²) in [5, 5.41) is 17.5. The summed E-state index contributed by atoms with van der Waals surface area (Å²) in [5.41, 5.74) is 0.993. The number of benzene rings is 1. The molecule has 1 saturated heterocycles. The molecule has 8 nitrogen and oxygen atoms in total. The highest BCUT2D eigenvalue weighted by molar-refractivity contribution is 5.80. The van der Waals surface area contributed by atoms with Crippen LogP contribution >= 0.6 is 0 Å². The Balaban J connectivity index is 1.86. The van der Waals surface area contributed by atoms with Crippen LogP contribution in [-0.4, -0.2) is 47.4 Å². The van der Waals surface area contributed by atoms with Gasteiger partial charge in [0.05, 0.1) is 11.5 Å². The quantitative estimate of drug-likeness (QED) is 0.217. The second-order valence-electron chi connectivity index (χ2n) is 7.51. The van der Waals surface area contributed by atoms with E-state index in [2.05, 4.69) is 29.5 Å². The van der Waals surface area contributed by atoms with E-state index in [1.807, 2.05) is 4.90 Å². The molecule has 29 heavy (non-hydrogen) atoms. The maximum atomic E-state index is 12.1. The zero-order chi connectivity index (χ0) is 21.1. The third kappa shape index (κ3) is 8.09. The summed E-state index contributed by atoms with van der Waals surface area (Å²) in [6, 6.07) is 6.74. The van der Waals surface area contributed by atoms with E-state index in [-0.39, 0.29) is 17.6 Å². The molecule has 1 fully saturated rings. The van der Waals surface area contributed by atoms with Crippen molar-refractivity contribution < 1.29 is 9.72 Å². The van der Waals surface area contributed by atoms with Gasteiger partial charge in [-0.3, -0.25) is 14.9 Å². The number of nitrogens with one attached hydrogen (secondary N) is 2. The third-order valence-corrected chi connectivity index (χ3v) is 5.13. The van der Waals surface area contributed by atoms with Crippen molar-refractivity contribution in [3.8, 4) is 0 Å². The Bertz CT molecular complexity index is 690. The molecule has 0 radical (unpaired) electrons. The lowest BCUT2D eigenvalue weighted by Gasteiger charge is -2.21. The molecule has 1 heterocycles. The van der Waals surface area contributed by atoms with Gasteiger partial charge in [-0.05, 0) is 38.2 Å². The molecule has 1 unspecified atom stereocenters. The maximum Gasteiger partial charge on any atom is 0.269 e. The lowest BCUT2D eigenvalue weighted by atomic mass is 10.2. The number of nitrogens with zero attached hydrogens (tertiary/aromatic N) is 3. The summed E-state index contributed by atoms with van der Waals surface area (Å²) in [5.74, 6) is 0.993. The lowest BCUT2D eigenvalue weighted by Crippen LogP contribution is -2.43. The minimum Gasteiger partial charge on any atom is -0.356 e. The van der Waals surface area contributed by atoms with E-state index in [4.69, 9.17) is 0 Å². The number of likely N-dealkylation sites (tertiary alicyclic amines) is 1. The SMILES string of the molecule is CCC(C)NC(=NCc1ccc([N+](=O)[O-])cc1)NCCCN1CCCCCC1=O. The Hall–Kier alpha value is -2.64. The highest BCUT2D eigenvalue weighted by Crippen LogP contribution is 2.13. The predicted octanol–water partition coefficient (Wildman–Crippen LogP) is 3.22. The van der Waals surface area contributed by atoms with Crippen molar-refractivity contribution in [1.29, 1.82) is 0 Å². The van der Waals surface area contributed by atoms with E-state index in [1.165, 1.54) is 12.1 Å². The number of hydrogen-bond acceptors (Lipinski definition) is 4. The minimum absolute atomic E-state index is 0.0804. The standard InChI is InChI=1S/C21H33N5O3/c1-3-17(2)24-21(23-16-18-9-11-19(12-10-18)26(28)29)22-13-7-15-25-14-6-4-5-8-20(25)27/h9-12,17H,3-8,13-16H2,1-2H3,(H2,22,23,24). The summed E-state index contributed by atoms with van der Waals surface area (Å²) >= 11 is 0. The molecular formula is C21H33N5O3. The van der Waals surface area contributed by atoms with Crippen LogP contribution in [0.4, 0.5) is 5.69 Å². The second-order valence-corrected chi connectivity index (χ2v) is 7.51. The summed E-state index contributed by atoms with van der Waals surface area (Å²) < 4.78 is 0. The molecule has 1 aromatic rings. The molecule has 0 bridgehead atoms. The summed E-state index contributed by atoms with van der Waals surface area (Å²) in [4.78, 5) is 29.0. The first-order chi connectivity index (χ1) is 14.0. The Morgan fingerprint density at radius 3 is 2.72 bits per heavy atom. The third-order valence-electron chi connectivity index (χ3n) is 5.13. The van der Waals surface area contributed by atoms with Gasteiger partial charge in [-0.25, -0.2) is 4.99 Å². The van der Waals surface area contributed by atoms with Gasteiger partial charge in [-0.1, -0.05) is 25.5 Å². The van der Waals surface area contributed by atoms with E-state index in [1.54, 1.807) is 12.1 Å². The summed E-state index contributed by atoms with van der Waals surface area (Å²) in [7, 11) is 0. The van der Waals surface area contributed by atoms with E-state index < -0.39 is 4.92 Å². The topological polar surface area (TPSA) is 99.9 Å². The van der Waals surface area contributed by atoms with E-state index in [9.17, 15) is 14.9 Å². The number of carbonyl (C=O) groups excluding carboxylic acids is 1. The van der Waals surface area contributed by atoms with Crippen molar-refractivity contribution in [3.05, 3.63) is 39.9 Å². The molecule has 1 aliphatic rings. The normalized spacial score (nSPS) is 16.3. The van der Waals surface area contributed by atoms with Gasteiger partial charge >= 0.3 is 0 Å². The summed E-state index contributed by atoms with van der Waals surface area (Å²) in [6.07, 6.45) is 5.75. The van der Waals surface area contributed by atoms with Crippen LogP contribution in [0.15, 0.2) is 29.3 Å². The average molecular weight is 404 g/mol. The maximum absolute atomic E-state index is 12.1. The monoisotopic (exact) mass is 403 g/mol. The molecule has 0 spiro atoms. The molecule has 1 atom stereocenters. The van der Waals surface area contributed by atoms with Crippen LogP contribution in [-0.2, 0) is 11.3 Å². The van der Waals surface area contributed by atoms with Crippen LogP contribution in [0, 0.1) is 10.1 Å². The fraction of sp³-hybridized carbons (Fsp3) is 0.619. The Morgan fingerprint density at radius 1 is 1.28 bits per heavy atom. The second kappa shape index (κ2) is 12.0. The van der Waals surface area contributed by atoms with Crippen molar-refractivity contribution in [1.82, 2.24) is 15.5 Å². The fourth-order valence-corrected chi connectivity index (χ4v) is 3.13. The number of nitro groups is 1. The highest BCUT2D eigenvalue weighted by atomic mass is 16.6. The van der Waals surface area contributed by atoms with Gasteiger partial charge in [0, 0.05) is 44.2 Å². The van der Waals surface area contributed by atoms with Gasteiger partial charge in [-0.2, -0.15) is 0 Å². The van der Waals surface area contributed by atoms with Gasteiger partial charge in [0.25, 0.3) is 5.69 Å². The Labute approximate surface area is 172 Å². The number of amides is 1. The largest absolute Gasteiger partial charge is 0.356 e. The average Bonchev–Trinajstić information content (AvgIpc) is 2.93. The van der Waals surface area contributed by atoms with Crippen molar-refractivity contribution >= 4 is 17.6 Å². The Morgan fingerprint density at radius 2 is 2.03 bits per heavy atom. The number of rotatable bonds is 9.